The normalized spacial score (nSPS) is 15.4. The highest BCUT2D eigenvalue weighted by molar-refractivity contribution is 6.31. The van der Waals surface area contributed by atoms with Crippen LogP contribution in [0.25, 0.3) is 10.9 Å². The Morgan fingerprint density at radius 3 is 2.93 bits per heavy atom. The molecule has 29 heavy (non-hydrogen) atoms. The summed E-state index contributed by atoms with van der Waals surface area (Å²) in [5.41, 5.74) is 11.8. The lowest BCUT2D eigenvalue weighted by Gasteiger charge is -2.26. The van der Waals surface area contributed by atoms with E-state index in [2.05, 4.69) is 40.6 Å². The molecule has 1 aliphatic heterocycles. The summed E-state index contributed by atoms with van der Waals surface area (Å²) in [6.45, 7) is 4.82. The van der Waals surface area contributed by atoms with Gasteiger partial charge in [-0.15, -0.1) is 0 Å². The van der Waals surface area contributed by atoms with E-state index in [1.54, 1.807) is 6.20 Å². The van der Waals surface area contributed by atoms with Crippen LogP contribution in [0.2, 0.25) is 5.02 Å². The van der Waals surface area contributed by atoms with Gasteiger partial charge in [0.1, 0.15) is 5.78 Å². The summed E-state index contributed by atoms with van der Waals surface area (Å²) in [4.78, 5) is 18.9. The van der Waals surface area contributed by atoms with Crippen LogP contribution >= 0.6 is 11.6 Å². The first-order valence-electron chi connectivity index (χ1n) is 10.1. The molecule has 3 aromatic rings. The van der Waals surface area contributed by atoms with Crippen molar-refractivity contribution in [3.8, 4) is 0 Å². The second kappa shape index (κ2) is 8.27. The lowest BCUT2D eigenvalue weighted by Crippen LogP contribution is -2.28. The second-order valence-electron chi connectivity index (χ2n) is 8.06. The SMILES string of the molecule is Cc1cnccc1C(CC(=O)CN)Cn1c2c(c3cc(Cl)ccc31)CN(C)CC2. The first-order chi connectivity index (χ1) is 14.0. The molecule has 0 fully saturated rings. The Bertz CT molecular complexity index is 1060. The molecule has 0 aliphatic carbocycles. The van der Waals surface area contributed by atoms with E-state index in [1.165, 1.54) is 27.7 Å². The Balaban J connectivity index is 1.82. The Kier molecular flexibility index (Phi) is 5.72. The van der Waals surface area contributed by atoms with Crippen LogP contribution in [0.15, 0.2) is 36.7 Å². The number of halogens is 1. The van der Waals surface area contributed by atoms with Gasteiger partial charge in [0.25, 0.3) is 0 Å². The number of nitrogens with two attached hydrogens (primary N) is 1. The zero-order valence-electron chi connectivity index (χ0n) is 17.0. The van der Waals surface area contributed by atoms with E-state index in [9.17, 15) is 4.79 Å². The summed E-state index contributed by atoms with van der Waals surface area (Å²) in [6, 6.07) is 8.17. The van der Waals surface area contributed by atoms with Gasteiger partial charge in [0.15, 0.2) is 0 Å². The van der Waals surface area contributed by atoms with E-state index in [1.807, 2.05) is 18.3 Å². The number of benzene rings is 1. The van der Waals surface area contributed by atoms with Crippen LogP contribution in [-0.2, 0) is 24.3 Å². The number of aryl methyl sites for hydroxylation is 1. The van der Waals surface area contributed by atoms with Crippen molar-refractivity contribution >= 4 is 28.3 Å². The molecule has 0 saturated heterocycles. The van der Waals surface area contributed by atoms with Gasteiger partial charge < -0.3 is 15.2 Å². The van der Waals surface area contributed by atoms with Gasteiger partial charge in [-0.2, -0.15) is 0 Å². The van der Waals surface area contributed by atoms with E-state index in [0.29, 0.717) is 6.42 Å². The molecule has 0 amide bonds. The number of hydrogen-bond donors (Lipinski definition) is 1. The lowest BCUT2D eigenvalue weighted by atomic mass is 9.91. The van der Waals surface area contributed by atoms with E-state index in [4.69, 9.17) is 17.3 Å². The lowest BCUT2D eigenvalue weighted by molar-refractivity contribution is -0.118. The number of carbonyl (C=O) groups is 1. The van der Waals surface area contributed by atoms with Gasteiger partial charge in [0.05, 0.1) is 6.54 Å². The zero-order valence-corrected chi connectivity index (χ0v) is 17.7. The van der Waals surface area contributed by atoms with Crippen LogP contribution in [0, 0.1) is 6.92 Å². The number of Topliss-reactive ketones (excluding diaryl/α,β-unsaturated/α-hetero) is 1. The Morgan fingerprint density at radius 2 is 2.17 bits per heavy atom. The number of ketones is 1. The van der Waals surface area contributed by atoms with Crippen molar-refractivity contribution in [1.29, 1.82) is 0 Å². The highest BCUT2D eigenvalue weighted by Crippen LogP contribution is 2.35. The molecular weight excluding hydrogens is 384 g/mol. The molecule has 1 unspecified atom stereocenters. The predicted molar refractivity (Wildman–Crippen MR) is 117 cm³/mol. The number of carbonyl (C=O) groups excluding carboxylic acids is 1. The standard InChI is InChI=1S/C23H27ClN4O/c1-15-12-26-7-5-19(15)16(9-18(29)11-25)13-28-22-4-3-17(24)10-20(22)21-14-27(2)8-6-23(21)28/h3-5,7,10,12,16H,6,8-9,11,13-14,25H2,1-2H3. The number of hydrogen-bond acceptors (Lipinski definition) is 4. The highest BCUT2D eigenvalue weighted by atomic mass is 35.5. The molecule has 6 heteroatoms. The number of pyridine rings is 1. The molecule has 5 nitrogen and oxygen atoms in total. The van der Waals surface area contributed by atoms with Crippen LogP contribution in [0.1, 0.15) is 34.7 Å². The van der Waals surface area contributed by atoms with Crippen LogP contribution in [0.4, 0.5) is 0 Å². The van der Waals surface area contributed by atoms with E-state index < -0.39 is 0 Å². The molecule has 2 N–H and O–H groups in total. The van der Waals surface area contributed by atoms with E-state index in [-0.39, 0.29) is 18.2 Å². The number of aromatic nitrogens is 2. The van der Waals surface area contributed by atoms with Crippen LogP contribution in [0.3, 0.4) is 0 Å². The summed E-state index contributed by atoms with van der Waals surface area (Å²) < 4.78 is 2.41. The maximum atomic E-state index is 12.3. The average molecular weight is 411 g/mol. The van der Waals surface area contributed by atoms with Gasteiger partial charge in [-0.1, -0.05) is 11.6 Å². The summed E-state index contributed by atoms with van der Waals surface area (Å²) in [6.07, 6.45) is 5.10. The molecule has 0 spiro atoms. The van der Waals surface area contributed by atoms with Gasteiger partial charge in [0, 0.05) is 72.4 Å². The third-order valence-electron chi connectivity index (χ3n) is 6.02. The molecule has 1 atom stereocenters. The summed E-state index contributed by atoms with van der Waals surface area (Å²) >= 11 is 6.33. The van der Waals surface area contributed by atoms with Gasteiger partial charge in [-0.25, -0.2) is 0 Å². The van der Waals surface area contributed by atoms with Gasteiger partial charge in [-0.05, 0) is 54.9 Å². The van der Waals surface area contributed by atoms with E-state index in [0.717, 1.165) is 36.6 Å². The first-order valence-corrected chi connectivity index (χ1v) is 10.5. The molecule has 0 bridgehead atoms. The van der Waals surface area contributed by atoms with Gasteiger partial charge >= 0.3 is 0 Å². The van der Waals surface area contributed by atoms with Crippen molar-refractivity contribution in [2.24, 2.45) is 5.73 Å². The molecule has 3 heterocycles. The predicted octanol–water partition coefficient (Wildman–Crippen LogP) is 3.69. The molecule has 0 radical (unpaired) electrons. The monoisotopic (exact) mass is 410 g/mol. The average Bonchev–Trinajstić information content (AvgIpc) is 3.00. The maximum Gasteiger partial charge on any atom is 0.147 e. The minimum absolute atomic E-state index is 0.0593. The third kappa shape index (κ3) is 3.95. The van der Waals surface area contributed by atoms with Crippen molar-refractivity contribution in [3.63, 3.8) is 0 Å². The zero-order chi connectivity index (χ0) is 20.5. The molecular formula is C23H27ClN4O. The number of nitrogens with zero attached hydrogens (tertiary/aromatic N) is 3. The van der Waals surface area contributed by atoms with E-state index >= 15 is 0 Å². The van der Waals surface area contributed by atoms with Gasteiger partial charge in [-0.3, -0.25) is 9.78 Å². The highest BCUT2D eigenvalue weighted by Gasteiger charge is 2.26. The largest absolute Gasteiger partial charge is 0.344 e. The minimum Gasteiger partial charge on any atom is -0.344 e. The maximum absolute atomic E-state index is 12.3. The van der Waals surface area contributed by atoms with Crippen LogP contribution in [-0.4, -0.2) is 40.4 Å². The fourth-order valence-electron chi connectivity index (χ4n) is 4.56. The Hall–Kier alpha value is -2.21. The minimum atomic E-state index is 0.0593. The first kappa shape index (κ1) is 20.1. The number of fused-ring (bicyclic) bond motifs is 3. The summed E-state index contributed by atoms with van der Waals surface area (Å²) in [7, 11) is 2.15. The fraction of sp³-hybridized carbons (Fsp3) is 0.391. The summed E-state index contributed by atoms with van der Waals surface area (Å²) in [5, 5.41) is 1.97. The summed E-state index contributed by atoms with van der Waals surface area (Å²) in [5.74, 6) is 0.142. The fourth-order valence-corrected chi connectivity index (χ4v) is 4.73. The third-order valence-corrected chi connectivity index (χ3v) is 6.25. The molecule has 1 aromatic carbocycles. The molecule has 0 saturated carbocycles. The Labute approximate surface area is 176 Å². The molecule has 152 valence electrons. The van der Waals surface area contributed by atoms with Crippen molar-refractivity contribution in [3.05, 3.63) is 64.1 Å². The molecule has 4 rings (SSSR count). The molecule has 2 aromatic heterocycles. The quantitative estimate of drug-likeness (QED) is 0.673. The van der Waals surface area contributed by atoms with Gasteiger partial charge in [0.2, 0.25) is 0 Å². The topological polar surface area (TPSA) is 64.2 Å². The van der Waals surface area contributed by atoms with Crippen molar-refractivity contribution in [1.82, 2.24) is 14.5 Å². The number of likely N-dealkylation sites (N-methyl/N-ethyl adjacent to an activating group) is 1. The van der Waals surface area contributed by atoms with Crippen molar-refractivity contribution in [2.45, 2.75) is 38.8 Å². The smallest absolute Gasteiger partial charge is 0.147 e. The second-order valence-corrected chi connectivity index (χ2v) is 8.50. The van der Waals surface area contributed by atoms with Crippen LogP contribution < -0.4 is 5.73 Å². The van der Waals surface area contributed by atoms with Crippen LogP contribution in [0.5, 0.6) is 0 Å². The molecule has 1 aliphatic rings. The van der Waals surface area contributed by atoms with Crippen molar-refractivity contribution < 1.29 is 4.79 Å². The Morgan fingerprint density at radius 1 is 1.34 bits per heavy atom. The number of rotatable bonds is 6. The van der Waals surface area contributed by atoms with Crippen molar-refractivity contribution in [2.75, 3.05) is 20.1 Å².